The van der Waals surface area contributed by atoms with E-state index in [1.54, 1.807) is 13.8 Å². The zero-order chi connectivity index (χ0) is 17.9. The highest BCUT2D eigenvalue weighted by Crippen LogP contribution is 2.30. The summed E-state index contributed by atoms with van der Waals surface area (Å²) in [5.41, 5.74) is -1.57. The highest BCUT2D eigenvalue weighted by Gasteiger charge is 2.31. The van der Waals surface area contributed by atoms with Crippen LogP contribution in [0.5, 0.6) is 0 Å². The van der Waals surface area contributed by atoms with E-state index in [0.717, 1.165) is 18.2 Å². The van der Waals surface area contributed by atoms with Gasteiger partial charge < -0.3 is 5.32 Å². The van der Waals surface area contributed by atoms with Gasteiger partial charge in [0.05, 0.1) is 17.0 Å². The van der Waals surface area contributed by atoms with Gasteiger partial charge in [-0.05, 0) is 38.5 Å². The maximum atomic E-state index is 12.6. The zero-order valence-corrected chi connectivity index (χ0v) is 13.8. The van der Waals surface area contributed by atoms with Crippen molar-refractivity contribution >= 4 is 15.9 Å². The third-order valence-corrected chi connectivity index (χ3v) is 4.66. The first-order chi connectivity index (χ1) is 10.4. The van der Waals surface area contributed by atoms with Crippen molar-refractivity contribution in [2.75, 3.05) is 6.54 Å². The molecule has 0 aliphatic carbocycles. The summed E-state index contributed by atoms with van der Waals surface area (Å²) in [5.74, 6) is -0.563. The van der Waals surface area contributed by atoms with Crippen LogP contribution in [-0.2, 0) is 21.0 Å². The van der Waals surface area contributed by atoms with Crippen molar-refractivity contribution in [2.45, 2.75) is 43.8 Å². The number of alkyl halides is 3. The molecule has 0 aliphatic rings. The van der Waals surface area contributed by atoms with Crippen molar-refractivity contribution in [3.8, 4) is 0 Å². The first-order valence-corrected chi connectivity index (χ1v) is 8.33. The Hall–Kier alpha value is -1.61. The molecule has 1 aromatic rings. The van der Waals surface area contributed by atoms with Gasteiger partial charge in [0.2, 0.25) is 15.9 Å². The Bertz CT molecular complexity index is 670. The molecule has 2 N–H and O–H groups in total. The summed E-state index contributed by atoms with van der Waals surface area (Å²) in [6, 6.07) is 3.33. The van der Waals surface area contributed by atoms with Crippen LogP contribution in [0.25, 0.3) is 0 Å². The van der Waals surface area contributed by atoms with Gasteiger partial charge in [0.25, 0.3) is 0 Å². The molecule has 0 bridgehead atoms. The minimum atomic E-state index is -4.64. The molecule has 0 heterocycles. The molecule has 130 valence electrons. The molecule has 0 saturated heterocycles. The van der Waals surface area contributed by atoms with E-state index in [4.69, 9.17) is 0 Å². The van der Waals surface area contributed by atoms with Crippen molar-refractivity contribution < 1.29 is 26.4 Å². The first kappa shape index (κ1) is 19.4. The van der Waals surface area contributed by atoms with Gasteiger partial charge in [-0.1, -0.05) is 13.0 Å². The smallest absolute Gasteiger partial charge is 0.350 e. The van der Waals surface area contributed by atoms with Crippen LogP contribution in [0.15, 0.2) is 29.2 Å². The Morgan fingerprint density at radius 3 is 2.35 bits per heavy atom. The van der Waals surface area contributed by atoms with Gasteiger partial charge >= 0.3 is 6.18 Å². The number of halogens is 3. The summed E-state index contributed by atoms with van der Waals surface area (Å²) in [5, 5.41) is 2.62. The van der Waals surface area contributed by atoms with Crippen LogP contribution in [0.1, 0.15) is 32.8 Å². The van der Waals surface area contributed by atoms with Gasteiger partial charge in [0.1, 0.15) is 0 Å². The molecule has 0 atom stereocenters. The second kappa shape index (κ2) is 6.88. The lowest BCUT2D eigenvalue weighted by Gasteiger charge is -2.24. The largest absolute Gasteiger partial charge is 0.416 e. The maximum Gasteiger partial charge on any atom is 0.416 e. The Morgan fingerprint density at radius 1 is 1.22 bits per heavy atom. The van der Waals surface area contributed by atoms with E-state index in [2.05, 4.69) is 5.32 Å². The van der Waals surface area contributed by atoms with E-state index in [9.17, 15) is 26.4 Å². The van der Waals surface area contributed by atoms with Crippen molar-refractivity contribution in [2.24, 2.45) is 0 Å². The lowest BCUT2D eigenvalue weighted by molar-refractivity contribution is -0.137. The number of carbonyl (C=O) groups is 1. The summed E-state index contributed by atoms with van der Waals surface area (Å²) >= 11 is 0. The fourth-order valence-corrected chi connectivity index (χ4v) is 2.62. The molecular formula is C14H19F3N2O3S. The van der Waals surface area contributed by atoms with Crippen molar-refractivity contribution in [3.05, 3.63) is 29.8 Å². The van der Waals surface area contributed by atoms with E-state index in [1.165, 1.54) is 0 Å². The molecule has 0 radical (unpaired) electrons. The number of amides is 1. The van der Waals surface area contributed by atoms with E-state index in [1.807, 2.05) is 11.6 Å². The predicted molar refractivity (Wildman–Crippen MR) is 79.1 cm³/mol. The lowest BCUT2D eigenvalue weighted by atomic mass is 10.0. The van der Waals surface area contributed by atoms with Gasteiger partial charge in [-0.3, -0.25) is 4.79 Å². The summed E-state index contributed by atoms with van der Waals surface area (Å²) in [6.07, 6.45) is -4.01. The molecular weight excluding hydrogens is 333 g/mol. The van der Waals surface area contributed by atoms with Crippen molar-refractivity contribution in [3.63, 3.8) is 0 Å². The molecule has 5 nitrogen and oxygen atoms in total. The van der Waals surface area contributed by atoms with Crippen LogP contribution in [0.3, 0.4) is 0 Å². The van der Waals surface area contributed by atoms with E-state index in [-0.39, 0.29) is 0 Å². The third-order valence-electron chi connectivity index (χ3n) is 3.26. The highest BCUT2D eigenvalue weighted by atomic mass is 32.2. The Labute approximate surface area is 133 Å². The summed E-state index contributed by atoms with van der Waals surface area (Å²) < 4.78 is 63.8. The number of nitrogens with one attached hydrogen (secondary N) is 2. The third kappa shape index (κ3) is 5.83. The molecule has 0 aromatic heterocycles. The Balaban J connectivity index is 2.83. The SMILES string of the molecule is CCC(C)(C)NC(=O)CNS(=O)(=O)c1cccc(C(F)(F)F)c1. The average molecular weight is 352 g/mol. The zero-order valence-electron chi connectivity index (χ0n) is 13.0. The highest BCUT2D eigenvalue weighted by molar-refractivity contribution is 7.89. The van der Waals surface area contributed by atoms with Crippen molar-refractivity contribution in [1.29, 1.82) is 0 Å². The van der Waals surface area contributed by atoms with Gasteiger partial charge in [-0.25, -0.2) is 13.1 Å². The van der Waals surface area contributed by atoms with E-state index < -0.39 is 44.6 Å². The summed E-state index contributed by atoms with van der Waals surface area (Å²) in [4.78, 5) is 11.2. The minimum Gasteiger partial charge on any atom is -0.350 e. The maximum absolute atomic E-state index is 12.6. The molecule has 9 heteroatoms. The van der Waals surface area contributed by atoms with Gasteiger partial charge in [0, 0.05) is 5.54 Å². The van der Waals surface area contributed by atoms with E-state index >= 15 is 0 Å². The number of hydrogen-bond acceptors (Lipinski definition) is 3. The first-order valence-electron chi connectivity index (χ1n) is 6.85. The standard InChI is InChI=1S/C14H19F3N2O3S/c1-4-13(2,3)19-12(20)9-18-23(21,22)11-7-5-6-10(8-11)14(15,16)17/h5-8,18H,4,9H2,1-3H3,(H,19,20). The molecule has 1 aromatic carbocycles. The fourth-order valence-electron chi connectivity index (χ4n) is 1.59. The second-order valence-electron chi connectivity index (χ2n) is 5.64. The molecule has 0 unspecified atom stereocenters. The predicted octanol–water partition coefficient (Wildman–Crippen LogP) is 2.29. The van der Waals surface area contributed by atoms with Crippen molar-refractivity contribution in [1.82, 2.24) is 10.0 Å². The lowest BCUT2D eigenvalue weighted by Crippen LogP contribution is -2.47. The number of carbonyl (C=O) groups excluding carboxylic acids is 1. The quantitative estimate of drug-likeness (QED) is 0.825. The molecule has 0 spiro atoms. The summed E-state index contributed by atoms with van der Waals surface area (Å²) in [7, 11) is -4.21. The molecule has 23 heavy (non-hydrogen) atoms. The molecule has 0 aliphatic heterocycles. The fraction of sp³-hybridized carbons (Fsp3) is 0.500. The molecule has 1 amide bonds. The minimum absolute atomic E-state index is 0.501. The van der Waals surface area contributed by atoms with Gasteiger partial charge in [-0.2, -0.15) is 13.2 Å². The second-order valence-corrected chi connectivity index (χ2v) is 7.40. The van der Waals surface area contributed by atoms with Crippen LogP contribution in [0.2, 0.25) is 0 Å². The Kier molecular flexibility index (Phi) is 5.81. The molecule has 1 rings (SSSR count). The van der Waals surface area contributed by atoms with Crippen LogP contribution >= 0.6 is 0 Å². The monoisotopic (exact) mass is 352 g/mol. The summed E-state index contributed by atoms with van der Waals surface area (Å²) in [6.45, 7) is 4.84. The Morgan fingerprint density at radius 2 is 1.83 bits per heavy atom. The number of sulfonamides is 1. The molecule has 0 saturated carbocycles. The number of benzene rings is 1. The van der Waals surface area contributed by atoms with E-state index in [0.29, 0.717) is 12.5 Å². The topological polar surface area (TPSA) is 75.3 Å². The average Bonchev–Trinajstić information content (AvgIpc) is 2.44. The van der Waals surface area contributed by atoms with Crippen LogP contribution < -0.4 is 10.0 Å². The number of hydrogen-bond donors (Lipinski definition) is 2. The van der Waals surface area contributed by atoms with Crippen LogP contribution in [0.4, 0.5) is 13.2 Å². The van der Waals surface area contributed by atoms with Gasteiger partial charge in [-0.15, -0.1) is 0 Å². The molecule has 0 fully saturated rings. The number of rotatable bonds is 6. The normalized spacial score (nSPS) is 13.0. The van der Waals surface area contributed by atoms with Crippen LogP contribution in [-0.4, -0.2) is 26.4 Å². The van der Waals surface area contributed by atoms with Gasteiger partial charge in [0.15, 0.2) is 0 Å². The van der Waals surface area contributed by atoms with Crippen LogP contribution in [0, 0.1) is 0 Å².